The van der Waals surface area contributed by atoms with Crippen molar-refractivity contribution >= 4 is 21.5 Å². The van der Waals surface area contributed by atoms with Gasteiger partial charge in [0, 0.05) is 10.8 Å². The maximum atomic E-state index is 15.0. The molecule has 168 valence electrons. The number of rotatable bonds is 13. The average molecular weight is 429 g/mol. The molecule has 0 bridgehead atoms. The van der Waals surface area contributed by atoms with Crippen LogP contribution in [0.4, 0.5) is 8.78 Å². The highest BCUT2D eigenvalue weighted by atomic mass is 19.1. The van der Waals surface area contributed by atoms with Crippen LogP contribution in [0.25, 0.3) is 21.5 Å². The predicted octanol–water partition coefficient (Wildman–Crippen LogP) is 8.58. The number of ether oxygens (including phenoxy) is 2. The van der Waals surface area contributed by atoms with Crippen molar-refractivity contribution in [2.75, 3.05) is 13.2 Å². The highest BCUT2D eigenvalue weighted by molar-refractivity contribution is 6.08. The summed E-state index contributed by atoms with van der Waals surface area (Å²) in [7, 11) is 0. The molecule has 0 heterocycles. The van der Waals surface area contributed by atoms with Crippen LogP contribution in [0.15, 0.2) is 36.4 Å². The van der Waals surface area contributed by atoms with Crippen LogP contribution < -0.4 is 9.47 Å². The van der Waals surface area contributed by atoms with Gasteiger partial charge in [0.1, 0.15) is 0 Å². The summed E-state index contributed by atoms with van der Waals surface area (Å²) in [6.45, 7) is 5.18. The minimum atomic E-state index is -0.400. The largest absolute Gasteiger partial charge is 0.491 e. The van der Waals surface area contributed by atoms with E-state index >= 15 is 4.39 Å². The topological polar surface area (TPSA) is 18.5 Å². The van der Waals surface area contributed by atoms with Gasteiger partial charge in [0.15, 0.2) is 23.1 Å². The van der Waals surface area contributed by atoms with E-state index in [1.54, 1.807) is 30.3 Å². The van der Waals surface area contributed by atoms with E-state index < -0.39 is 5.82 Å². The predicted molar refractivity (Wildman–Crippen MR) is 125 cm³/mol. The van der Waals surface area contributed by atoms with Crippen molar-refractivity contribution < 1.29 is 18.3 Å². The van der Waals surface area contributed by atoms with E-state index in [9.17, 15) is 4.39 Å². The monoisotopic (exact) mass is 428 g/mol. The third-order valence-electron chi connectivity index (χ3n) is 5.71. The van der Waals surface area contributed by atoms with Crippen LogP contribution in [-0.4, -0.2) is 13.2 Å². The second kappa shape index (κ2) is 11.9. The highest BCUT2D eigenvalue weighted by Gasteiger charge is 2.14. The fourth-order valence-electron chi connectivity index (χ4n) is 3.96. The molecule has 0 N–H and O–H groups in total. The van der Waals surface area contributed by atoms with Crippen molar-refractivity contribution in [3.8, 4) is 11.5 Å². The Kier molecular flexibility index (Phi) is 8.93. The number of unbranched alkanes of at least 4 members (excludes halogenated alkanes) is 7. The van der Waals surface area contributed by atoms with Gasteiger partial charge in [-0.25, -0.2) is 8.78 Å². The smallest absolute Gasteiger partial charge is 0.172 e. The normalized spacial score (nSPS) is 11.4. The van der Waals surface area contributed by atoms with Gasteiger partial charge in [-0.05, 0) is 47.9 Å². The molecule has 0 aliphatic heterocycles. The highest BCUT2D eigenvalue weighted by Crippen LogP contribution is 2.35. The first kappa shape index (κ1) is 23.3. The molecule has 0 fully saturated rings. The number of halogens is 2. The lowest BCUT2D eigenvalue weighted by atomic mass is 10.0. The van der Waals surface area contributed by atoms with E-state index in [0.717, 1.165) is 19.3 Å². The molecule has 3 aromatic carbocycles. The summed E-state index contributed by atoms with van der Waals surface area (Å²) in [6.07, 6.45) is 10.5. The summed E-state index contributed by atoms with van der Waals surface area (Å²) >= 11 is 0. The standard InChI is InChI=1S/C27H34F2O2/c1-3-5-6-7-8-9-10-11-19-31-25-17-15-21-20-14-16-24(30-18-4-2)26(28)22(20)12-13-23(21)27(25)29/h12-17H,3-11,18-19H2,1-2H3. The molecule has 0 aliphatic carbocycles. The summed E-state index contributed by atoms with van der Waals surface area (Å²) in [5, 5.41) is 2.23. The minimum Gasteiger partial charge on any atom is -0.491 e. The molecule has 0 aromatic heterocycles. The van der Waals surface area contributed by atoms with Crippen molar-refractivity contribution in [3.63, 3.8) is 0 Å². The Hall–Kier alpha value is -2.36. The number of benzene rings is 3. The molecule has 2 nitrogen and oxygen atoms in total. The second-order valence-electron chi connectivity index (χ2n) is 8.18. The summed E-state index contributed by atoms with van der Waals surface area (Å²) < 4.78 is 41.1. The van der Waals surface area contributed by atoms with Gasteiger partial charge < -0.3 is 9.47 Å². The molecule has 0 radical (unpaired) electrons. The van der Waals surface area contributed by atoms with E-state index in [2.05, 4.69) is 6.92 Å². The molecule has 0 amide bonds. The summed E-state index contributed by atoms with van der Waals surface area (Å²) in [5.41, 5.74) is 0. The summed E-state index contributed by atoms with van der Waals surface area (Å²) in [5.74, 6) is -0.286. The molecule has 31 heavy (non-hydrogen) atoms. The molecule has 0 spiro atoms. The minimum absolute atomic E-state index is 0.236. The Morgan fingerprint density at radius 3 is 1.48 bits per heavy atom. The molecule has 4 heteroatoms. The zero-order valence-corrected chi connectivity index (χ0v) is 18.8. The molecular formula is C27H34F2O2. The Morgan fingerprint density at radius 1 is 0.516 bits per heavy atom. The van der Waals surface area contributed by atoms with Gasteiger partial charge >= 0.3 is 0 Å². The molecule has 3 aromatic rings. The van der Waals surface area contributed by atoms with Gasteiger partial charge in [0.2, 0.25) is 0 Å². The quantitative estimate of drug-likeness (QED) is 0.200. The summed E-state index contributed by atoms with van der Waals surface area (Å²) in [4.78, 5) is 0. The molecule has 0 aliphatic rings. The fourth-order valence-corrected chi connectivity index (χ4v) is 3.96. The number of hydrogen-bond acceptors (Lipinski definition) is 2. The van der Waals surface area contributed by atoms with Crippen molar-refractivity contribution in [2.24, 2.45) is 0 Å². The van der Waals surface area contributed by atoms with Gasteiger partial charge in [-0.3, -0.25) is 0 Å². The van der Waals surface area contributed by atoms with Crippen LogP contribution in [0.3, 0.4) is 0 Å². The van der Waals surface area contributed by atoms with Crippen LogP contribution in [0.5, 0.6) is 11.5 Å². The van der Waals surface area contributed by atoms with E-state index in [0.29, 0.717) is 34.8 Å². The Balaban J connectivity index is 1.64. The van der Waals surface area contributed by atoms with Gasteiger partial charge in [-0.1, -0.05) is 70.9 Å². The van der Waals surface area contributed by atoms with Crippen LogP contribution in [0, 0.1) is 11.6 Å². The van der Waals surface area contributed by atoms with Crippen molar-refractivity contribution in [3.05, 3.63) is 48.0 Å². The maximum Gasteiger partial charge on any atom is 0.172 e. The molecule has 3 rings (SSSR count). The Bertz CT molecular complexity index is 984. The van der Waals surface area contributed by atoms with Crippen molar-refractivity contribution in [1.29, 1.82) is 0 Å². The lowest BCUT2D eigenvalue weighted by Gasteiger charge is -2.12. The first-order chi connectivity index (χ1) is 15.2. The Morgan fingerprint density at radius 2 is 0.968 bits per heavy atom. The zero-order chi connectivity index (χ0) is 22.1. The van der Waals surface area contributed by atoms with E-state index in [1.165, 1.54) is 38.5 Å². The maximum absolute atomic E-state index is 15.0. The van der Waals surface area contributed by atoms with Crippen LogP contribution in [-0.2, 0) is 0 Å². The summed E-state index contributed by atoms with van der Waals surface area (Å²) in [6, 6.07) is 10.1. The van der Waals surface area contributed by atoms with Gasteiger partial charge in [0.05, 0.1) is 13.2 Å². The second-order valence-corrected chi connectivity index (χ2v) is 8.18. The third-order valence-corrected chi connectivity index (χ3v) is 5.71. The van der Waals surface area contributed by atoms with E-state index in [1.807, 2.05) is 13.0 Å². The Labute approximate surface area is 184 Å². The first-order valence-electron chi connectivity index (χ1n) is 11.8. The van der Waals surface area contributed by atoms with Crippen LogP contribution in [0.1, 0.15) is 71.6 Å². The van der Waals surface area contributed by atoms with Crippen LogP contribution >= 0.6 is 0 Å². The first-order valence-corrected chi connectivity index (χ1v) is 11.8. The number of fused-ring (bicyclic) bond motifs is 3. The van der Waals surface area contributed by atoms with Crippen molar-refractivity contribution in [1.82, 2.24) is 0 Å². The van der Waals surface area contributed by atoms with Gasteiger partial charge in [0.25, 0.3) is 0 Å². The SMILES string of the molecule is CCCCCCCCCCOc1ccc2c(ccc3c(F)c(OCCC)ccc32)c1F. The van der Waals surface area contributed by atoms with Gasteiger partial charge in [-0.2, -0.15) is 0 Å². The van der Waals surface area contributed by atoms with Gasteiger partial charge in [-0.15, -0.1) is 0 Å². The molecular weight excluding hydrogens is 394 g/mol. The zero-order valence-electron chi connectivity index (χ0n) is 18.8. The lowest BCUT2D eigenvalue weighted by molar-refractivity contribution is 0.291. The molecule has 0 saturated heterocycles. The average Bonchev–Trinajstić information content (AvgIpc) is 2.78. The molecule has 0 saturated carbocycles. The fraction of sp³-hybridized carbons (Fsp3) is 0.481. The van der Waals surface area contributed by atoms with Crippen LogP contribution in [0.2, 0.25) is 0 Å². The van der Waals surface area contributed by atoms with E-state index in [4.69, 9.17) is 9.47 Å². The molecule has 0 atom stereocenters. The lowest BCUT2D eigenvalue weighted by Crippen LogP contribution is -2.00. The van der Waals surface area contributed by atoms with E-state index in [-0.39, 0.29) is 17.3 Å². The number of hydrogen-bond donors (Lipinski definition) is 0. The third kappa shape index (κ3) is 5.87. The molecule has 0 unspecified atom stereocenters. The van der Waals surface area contributed by atoms with Crippen molar-refractivity contribution in [2.45, 2.75) is 71.6 Å².